The van der Waals surface area contributed by atoms with Gasteiger partial charge in [0.2, 0.25) is 0 Å². The normalized spacial score (nSPS) is 21.2. The number of imidazole rings is 1. The highest BCUT2D eigenvalue weighted by Gasteiger charge is 2.48. The molecule has 1 aliphatic rings. The molecule has 5 heterocycles. The smallest absolute Gasteiger partial charge is 0.252 e. The number of aryl methyl sites for hydroxylation is 1. The standard InChI is InChI=1S/C25H27FN8O4/c1-12(2)30-24(37)20-18(35)19(36)25(38-20)34-11-29-17-22(28-10-16-6-4-5-13(3)31-16)32-21(33-23(17)34)14-7-15(26)9-27-8-14/h4-9,11-12,18-20,25,35-36H,10H2,1-3H3,(H,30,37)(H,28,32,33)/t18-,19+,20-,25+/m0/s1. The van der Waals surface area contributed by atoms with Gasteiger partial charge < -0.3 is 25.6 Å². The van der Waals surface area contributed by atoms with Crippen LogP contribution in [0.4, 0.5) is 10.2 Å². The third-order valence-corrected chi connectivity index (χ3v) is 5.97. The van der Waals surface area contributed by atoms with Crippen LogP contribution in [0.2, 0.25) is 0 Å². The molecule has 0 bridgehead atoms. The molecule has 4 N–H and O–H groups in total. The van der Waals surface area contributed by atoms with Gasteiger partial charge in [-0.15, -0.1) is 0 Å². The zero-order valence-corrected chi connectivity index (χ0v) is 20.9. The van der Waals surface area contributed by atoms with Gasteiger partial charge in [-0.3, -0.25) is 19.3 Å². The van der Waals surface area contributed by atoms with E-state index in [1.54, 1.807) is 13.8 Å². The van der Waals surface area contributed by atoms with Crippen molar-refractivity contribution in [2.75, 3.05) is 5.32 Å². The third kappa shape index (κ3) is 5.03. The number of hydrogen-bond donors (Lipinski definition) is 4. The maximum absolute atomic E-state index is 14.0. The first kappa shape index (κ1) is 25.6. The van der Waals surface area contributed by atoms with Crippen LogP contribution in [0.15, 0.2) is 43.0 Å². The second kappa shape index (κ2) is 10.4. The van der Waals surface area contributed by atoms with Gasteiger partial charge >= 0.3 is 0 Å². The van der Waals surface area contributed by atoms with E-state index in [1.807, 2.05) is 25.1 Å². The van der Waals surface area contributed by atoms with Crippen LogP contribution in [0.1, 0.15) is 31.5 Å². The summed E-state index contributed by atoms with van der Waals surface area (Å²) in [5.74, 6) is -0.631. The van der Waals surface area contributed by atoms with Crippen molar-refractivity contribution in [3.8, 4) is 11.4 Å². The molecule has 4 aromatic rings. The summed E-state index contributed by atoms with van der Waals surface area (Å²) < 4.78 is 21.2. The molecule has 13 heteroatoms. The topological polar surface area (TPSA) is 160 Å². The fourth-order valence-electron chi connectivity index (χ4n) is 4.23. The fourth-order valence-corrected chi connectivity index (χ4v) is 4.23. The maximum Gasteiger partial charge on any atom is 0.252 e. The average Bonchev–Trinajstić information content (AvgIpc) is 3.43. The lowest BCUT2D eigenvalue weighted by atomic mass is 10.1. The van der Waals surface area contributed by atoms with Gasteiger partial charge in [0.05, 0.1) is 24.8 Å². The Morgan fingerprint density at radius 1 is 1.18 bits per heavy atom. The largest absolute Gasteiger partial charge is 0.387 e. The number of fused-ring (bicyclic) bond motifs is 1. The van der Waals surface area contributed by atoms with Crippen molar-refractivity contribution in [1.29, 1.82) is 0 Å². The molecule has 0 aliphatic carbocycles. The van der Waals surface area contributed by atoms with E-state index in [-0.39, 0.29) is 17.5 Å². The minimum atomic E-state index is -1.48. The van der Waals surface area contributed by atoms with Crippen molar-refractivity contribution >= 4 is 22.9 Å². The molecule has 1 fully saturated rings. The third-order valence-electron chi connectivity index (χ3n) is 5.97. The number of nitrogens with zero attached hydrogens (tertiary/aromatic N) is 6. The van der Waals surface area contributed by atoms with Gasteiger partial charge in [-0.2, -0.15) is 0 Å². The van der Waals surface area contributed by atoms with E-state index in [1.165, 1.54) is 23.2 Å². The summed E-state index contributed by atoms with van der Waals surface area (Å²) in [6.07, 6.45) is -1.51. The summed E-state index contributed by atoms with van der Waals surface area (Å²) in [5.41, 5.74) is 2.52. The first-order chi connectivity index (χ1) is 18.2. The highest BCUT2D eigenvalue weighted by Crippen LogP contribution is 2.33. The van der Waals surface area contributed by atoms with Gasteiger partial charge in [-0.1, -0.05) is 6.07 Å². The van der Waals surface area contributed by atoms with Crippen LogP contribution in [0, 0.1) is 12.7 Å². The molecule has 38 heavy (non-hydrogen) atoms. The number of rotatable bonds is 7. The Hall–Kier alpha value is -4.07. The lowest BCUT2D eigenvalue weighted by Crippen LogP contribution is -2.45. The van der Waals surface area contributed by atoms with Crippen LogP contribution in [0.25, 0.3) is 22.6 Å². The van der Waals surface area contributed by atoms with Gasteiger partial charge in [0.25, 0.3) is 5.91 Å². The summed E-state index contributed by atoms with van der Waals surface area (Å²) in [4.78, 5) is 34.4. The van der Waals surface area contributed by atoms with Crippen molar-refractivity contribution in [2.24, 2.45) is 0 Å². The van der Waals surface area contributed by atoms with Crippen LogP contribution in [-0.2, 0) is 16.1 Å². The highest BCUT2D eigenvalue weighted by molar-refractivity contribution is 5.85. The lowest BCUT2D eigenvalue weighted by molar-refractivity contribution is -0.138. The molecule has 0 saturated carbocycles. The molecule has 198 valence electrons. The summed E-state index contributed by atoms with van der Waals surface area (Å²) >= 11 is 0. The second-order valence-electron chi connectivity index (χ2n) is 9.33. The van der Waals surface area contributed by atoms with E-state index in [9.17, 15) is 19.4 Å². The quantitative estimate of drug-likeness (QED) is 0.280. The summed E-state index contributed by atoms with van der Waals surface area (Å²) in [6, 6.07) is 6.71. The average molecular weight is 523 g/mol. The number of carbonyl (C=O) groups excluding carboxylic acids is 1. The van der Waals surface area contributed by atoms with Gasteiger partial charge in [0.15, 0.2) is 35.1 Å². The lowest BCUT2D eigenvalue weighted by Gasteiger charge is -2.17. The minimum Gasteiger partial charge on any atom is -0.387 e. The Bertz CT molecular complexity index is 1480. The van der Waals surface area contributed by atoms with Crippen molar-refractivity contribution in [3.63, 3.8) is 0 Å². The number of aromatic nitrogens is 6. The van der Waals surface area contributed by atoms with E-state index in [0.29, 0.717) is 23.4 Å². The Morgan fingerprint density at radius 3 is 2.74 bits per heavy atom. The van der Waals surface area contributed by atoms with Gasteiger partial charge in [0.1, 0.15) is 18.0 Å². The summed E-state index contributed by atoms with van der Waals surface area (Å²) in [5, 5.41) is 27.2. The number of carbonyl (C=O) groups is 1. The first-order valence-corrected chi connectivity index (χ1v) is 12.0. The second-order valence-corrected chi connectivity index (χ2v) is 9.33. The van der Waals surface area contributed by atoms with Gasteiger partial charge in [-0.05, 0) is 39.0 Å². The van der Waals surface area contributed by atoms with Gasteiger partial charge in [0, 0.05) is 23.5 Å². The number of amides is 1. The molecule has 0 aromatic carbocycles. The predicted molar refractivity (Wildman–Crippen MR) is 134 cm³/mol. The van der Waals surface area contributed by atoms with Crippen molar-refractivity contribution in [2.45, 2.75) is 57.9 Å². The molecular formula is C25H27FN8O4. The number of anilines is 1. The fraction of sp³-hybridized carbons (Fsp3) is 0.360. The zero-order valence-electron chi connectivity index (χ0n) is 20.9. The Labute approximate surface area is 217 Å². The molecule has 1 aliphatic heterocycles. The van der Waals surface area contributed by atoms with Crippen molar-refractivity contribution in [3.05, 3.63) is 60.2 Å². The summed E-state index contributed by atoms with van der Waals surface area (Å²) in [6.45, 7) is 5.76. The van der Waals surface area contributed by atoms with Crippen LogP contribution >= 0.6 is 0 Å². The molecule has 0 unspecified atom stereocenters. The Kier molecular flexibility index (Phi) is 6.97. The molecular weight excluding hydrogens is 495 g/mol. The molecule has 1 amide bonds. The maximum atomic E-state index is 14.0. The van der Waals surface area contributed by atoms with Crippen molar-refractivity contribution < 1.29 is 24.1 Å². The number of aliphatic hydroxyl groups is 2. The minimum absolute atomic E-state index is 0.146. The first-order valence-electron chi connectivity index (χ1n) is 12.0. The van der Waals surface area contributed by atoms with Crippen molar-refractivity contribution in [1.82, 2.24) is 34.8 Å². The Morgan fingerprint density at radius 2 is 2.00 bits per heavy atom. The number of halogens is 1. The molecule has 4 atom stereocenters. The predicted octanol–water partition coefficient (Wildman–Crippen LogP) is 1.49. The van der Waals surface area contributed by atoms with Crippen LogP contribution in [0.3, 0.4) is 0 Å². The van der Waals surface area contributed by atoms with E-state index >= 15 is 0 Å². The molecule has 0 spiro atoms. The van der Waals surface area contributed by atoms with Crippen LogP contribution < -0.4 is 10.6 Å². The van der Waals surface area contributed by atoms with Gasteiger partial charge in [-0.25, -0.2) is 19.3 Å². The number of ether oxygens (including phenoxy) is 1. The monoisotopic (exact) mass is 522 g/mol. The molecule has 1 saturated heterocycles. The molecule has 0 radical (unpaired) electrons. The SMILES string of the molecule is Cc1cccc(CNc2nc(-c3cncc(F)c3)nc3c2ncn3[C@@H]2O[C@H](C(=O)NC(C)C)[C@@H](O)[C@H]2O)n1. The zero-order chi connectivity index (χ0) is 27.0. The Balaban J connectivity index is 1.55. The molecule has 5 rings (SSSR count). The molecule has 12 nitrogen and oxygen atoms in total. The van der Waals surface area contributed by atoms with E-state index in [4.69, 9.17) is 4.74 Å². The number of pyridine rings is 2. The number of aliphatic hydroxyl groups excluding tert-OH is 2. The van der Waals surface area contributed by atoms with Crippen LogP contribution in [-0.4, -0.2) is 70.0 Å². The molecule has 4 aromatic heterocycles. The number of hydrogen-bond acceptors (Lipinski definition) is 10. The summed E-state index contributed by atoms with van der Waals surface area (Å²) in [7, 11) is 0. The van der Waals surface area contributed by atoms with E-state index in [2.05, 4.69) is 35.6 Å². The van der Waals surface area contributed by atoms with E-state index < -0.39 is 36.3 Å². The van der Waals surface area contributed by atoms with E-state index in [0.717, 1.165) is 17.6 Å². The van der Waals surface area contributed by atoms with Crippen LogP contribution in [0.5, 0.6) is 0 Å². The number of nitrogens with one attached hydrogen (secondary N) is 2. The highest BCUT2D eigenvalue weighted by atomic mass is 19.1.